The number of benzene rings is 1. The third-order valence-electron chi connectivity index (χ3n) is 3.27. The average molecular weight is 362 g/mol. The van der Waals surface area contributed by atoms with Gasteiger partial charge in [0.25, 0.3) is 5.91 Å². The molecule has 0 bridgehead atoms. The second-order valence-corrected chi connectivity index (χ2v) is 5.49. The molecule has 2 aromatic rings. The van der Waals surface area contributed by atoms with E-state index in [9.17, 15) is 4.79 Å². The lowest BCUT2D eigenvalue weighted by molar-refractivity contribution is -0.0228. The number of nitrogens with zero attached hydrogens (tertiary/aromatic N) is 2. The third-order valence-corrected chi connectivity index (χ3v) is 4.14. The number of morpholine rings is 1. The molecule has 1 unspecified atom stereocenters. The van der Waals surface area contributed by atoms with E-state index in [0.29, 0.717) is 30.9 Å². The van der Waals surface area contributed by atoms with Crippen LogP contribution < -0.4 is 5.73 Å². The first-order valence-corrected chi connectivity index (χ1v) is 7.28. The highest BCUT2D eigenvalue weighted by atomic mass is 35.5. The van der Waals surface area contributed by atoms with Crippen molar-refractivity contribution in [3.8, 4) is 0 Å². The largest absolute Gasteiger partial charge is 0.398 e. The summed E-state index contributed by atoms with van der Waals surface area (Å²) in [5.41, 5.74) is 6.93. The predicted octanol–water partition coefficient (Wildman–Crippen LogP) is 2.78. The number of carbonyl (C=O) groups excluding carboxylic acids is 1. The maximum Gasteiger partial charge on any atom is 0.256 e. The number of amides is 1. The number of halogens is 2. The number of anilines is 1. The molecular formula is C14H17Cl2N3O2S. The number of para-hydroxylation sites is 1. The summed E-state index contributed by atoms with van der Waals surface area (Å²) in [5, 5.41) is 2.82. The van der Waals surface area contributed by atoms with Gasteiger partial charge in [-0.15, -0.1) is 36.2 Å². The Kier molecular flexibility index (Phi) is 7.09. The van der Waals surface area contributed by atoms with Crippen molar-refractivity contribution in [3.05, 3.63) is 46.4 Å². The van der Waals surface area contributed by atoms with E-state index >= 15 is 0 Å². The van der Waals surface area contributed by atoms with Crippen LogP contribution in [-0.4, -0.2) is 35.5 Å². The zero-order valence-corrected chi connectivity index (χ0v) is 14.1. The molecule has 0 aliphatic carbocycles. The second-order valence-electron chi connectivity index (χ2n) is 4.57. The molecule has 0 saturated carbocycles. The van der Waals surface area contributed by atoms with Crippen LogP contribution in [0, 0.1) is 0 Å². The topological polar surface area (TPSA) is 68.5 Å². The quantitative estimate of drug-likeness (QED) is 0.835. The maximum absolute atomic E-state index is 12.5. The summed E-state index contributed by atoms with van der Waals surface area (Å²) in [4.78, 5) is 18.5. The Morgan fingerprint density at radius 3 is 2.82 bits per heavy atom. The van der Waals surface area contributed by atoms with Gasteiger partial charge in [0, 0.05) is 23.8 Å². The molecule has 0 spiro atoms. The molecule has 1 fully saturated rings. The van der Waals surface area contributed by atoms with Gasteiger partial charge in [-0.05, 0) is 12.1 Å². The van der Waals surface area contributed by atoms with Crippen LogP contribution in [0.3, 0.4) is 0 Å². The van der Waals surface area contributed by atoms with Crippen LogP contribution in [0.2, 0.25) is 0 Å². The van der Waals surface area contributed by atoms with Gasteiger partial charge in [0.05, 0.1) is 18.7 Å². The fraction of sp³-hybridized carbons (Fsp3) is 0.286. The number of ether oxygens (including phenoxy) is 1. The molecule has 2 N–H and O–H groups in total. The molecule has 1 aliphatic heterocycles. The van der Waals surface area contributed by atoms with Gasteiger partial charge in [-0.3, -0.25) is 4.79 Å². The van der Waals surface area contributed by atoms with Crippen molar-refractivity contribution < 1.29 is 9.53 Å². The fourth-order valence-corrected chi connectivity index (χ4v) is 2.92. The molecule has 1 aromatic heterocycles. The van der Waals surface area contributed by atoms with E-state index in [1.54, 1.807) is 34.6 Å². The van der Waals surface area contributed by atoms with Crippen LogP contribution in [-0.2, 0) is 4.74 Å². The molecule has 120 valence electrons. The number of nitrogens with two attached hydrogens (primary N) is 1. The third kappa shape index (κ3) is 3.89. The zero-order valence-electron chi connectivity index (χ0n) is 11.7. The van der Waals surface area contributed by atoms with E-state index in [4.69, 9.17) is 10.5 Å². The van der Waals surface area contributed by atoms with Gasteiger partial charge in [0.2, 0.25) is 0 Å². The second kappa shape index (κ2) is 8.33. The molecule has 2 heterocycles. The van der Waals surface area contributed by atoms with E-state index in [1.807, 2.05) is 17.5 Å². The van der Waals surface area contributed by atoms with Gasteiger partial charge >= 0.3 is 0 Å². The first-order valence-electron chi connectivity index (χ1n) is 6.40. The Morgan fingerprint density at radius 2 is 2.14 bits per heavy atom. The van der Waals surface area contributed by atoms with Crippen LogP contribution in [0.5, 0.6) is 0 Å². The average Bonchev–Trinajstić information content (AvgIpc) is 3.01. The Bertz CT molecular complexity index is 610. The first-order chi connectivity index (χ1) is 9.75. The molecule has 1 saturated heterocycles. The van der Waals surface area contributed by atoms with Crippen molar-refractivity contribution in [2.45, 2.75) is 6.10 Å². The minimum Gasteiger partial charge on any atom is -0.398 e. The number of rotatable bonds is 2. The van der Waals surface area contributed by atoms with E-state index in [1.165, 1.54) is 0 Å². The molecule has 5 nitrogen and oxygen atoms in total. The summed E-state index contributed by atoms with van der Waals surface area (Å²) < 4.78 is 5.69. The van der Waals surface area contributed by atoms with Gasteiger partial charge in [-0.25, -0.2) is 4.98 Å². The number of hydrogen-bond donors (Lipinski definition) is 1. The van der Waals surface area contributed by atoms with E-state index in [-0.39, 0.29) is 36.8 Å². The van der Waals surface area contributed by atoms with Crippen molar-refractivity contribution in [1.82, 2.24) is 9.88 Å². The lowest BCUT2D eigenvalue weighted by Crippen LogP contribution is -2.42. The lowest BCUT2D eigenvalue weighted by Gasteiger charge is -2.32. The SMILES string of the molecule is Cl.Cl.Nc1ccccc1C(=O)N1CCOC(c2nccs2)C1. The minimum atomic E-state index is -0.141. The number of thiazole rings is 1. The van der Waals surface area contributed by atoms with Crippen LogP contribution in [0.4, 0.5) is 5.69 Å². The highest BCUT2D eigenvalue weighted by Gasteiger charge is 2.28. The van der Waals surface area contributed by atoms with Gasteiger partial charge in [0.15, 0.2) is 0 Å². The van der Waals surface area contributed by atoms with Crippen LogP contribution in [0.15, 0.2) is 35.8 Å². The van der Waals surface area contributed by atoms with Gasteiger partial charge in [-0.1, -0.05) is 12.1 Å². The Hall–Kier alpha value is -1.34. The summed E-state index contributed by atoms with van der Waals surface area (Å²) in [6.07, 6.45) is 1.61. The Morgan fingerprint density at radius 1 is 1.36 bits per heavy atom. The zero-order chi connectivity index (χ0) is 13.9. The molecule has 1 amide bonds. The number of hydrogen-bond acceptors (Lipinski definition) is 5. The smallest absolute Gasteiger partial charge is 0.256 e. The fourth-order valence-electron chi connectivity index (χ4n) is 2.24. The molecule has 0 radical (unpaired) electrons. The summed E-state index contributed by atoms with van der Waals surface area (Å²) in [6, 6.07) is 7.14. The summed E-state index contributed by atoms with van der Waals surface area (Å²) in [5.74, 6) is -0.0482. The summed E-state index contributed by atoms with van der Waals surface area (Å²) in [6.45, 7) is 1.61. The normalized spacial score (nSPS) is 17.3. The van der Waals surface area contributed by atoms with Crippen molar-refractivity contribution >= 4 is 47.7 Å². The van der Waals surface area contributed by atoms with Crippen molar-refractivity contribution in [1.29, 1.82) is 0 Å². The Balaban J connectivity index is 0.00000121. The minimum absolute atomic E-state index is 0. The summed E-state index contributed by atoms with van der Waals surface area (Å²) >= 11 is 1.54. The van der Waals surface area contributed by atoms with Crippen molar-refractivity contribution in [3.63, 3.8) is 0 Å². The van der Waals surface area contributed by atoms with Crippen LogP contribution >= 0.6 is 36.2 Å². The first kappa shape index (κ1) is 18.7. The molecule has 1 atom stereocenters. The molecular weight excluding hydrogens is 345 g/mol. The number of carbonyl (C=O) groups is 1. The Labute approximate surface area is 145 Å². The van der Waals surface area contributed by atoms with Gasteiger partial charge in [-0.2, -0.15) is 0 Å². The van der Waals surface area contributed by atoms with Crippen LogP contribution in [0.1, 0.15) is 21.5 Å². The molecule has 3 rings (SSSR count). The summed E-state index contributed by atoms with van der Waals surface area (Å²) in [7, 11) is 0. The molecule has 8 heteroatoms. The molecule has 1 aliphatic rings. The van der Waals surface area contributed by atoms with Gasteiger partial charge < -0.3 is 15.4 Å². The van der Waals surface area contributed by atoms with Crippen molar-refractivity contribution in [2.24, 2.45) is 0 Å². The monoisotopic (exact) mass is 361 g/mol. The molecule has 1 aromatic carbocycles. The molecule has 22 heavy (non-hydrogen) atoms. The number of nitrogen functional groups attached to an aromatic ring is 1. The van der Waals surface area contributed by atoms with Crippen molar-refractivity contribution in [2.75, 3.05) is 25.4 Å². The van der Waals surface area contributed by atoms with E-state index in [0.717, 1.165) is 5.01 Å². The highest BCUT2D eigenvalue weighted by Crippen LogP contribution is 2.25. The highest BCUT2D eigenvalue weighted by molar-refractivity contribution is 7.09. The lowest BCUT2D eigenvalue weighted by atomic mass is 10.1. The van der Waals surface area contributed by atoms with Crippen LogP contribution in [0.25, 0.3) is 0 Å². The maximum atomic E-state index is 12.5. The predicted molar refractivity (Wildman–Crippen MR) is 92.1 cm³/mol. The van der Waals surface area contributed by atoms with E-state index in [2.05, 4.69) is 4.98 Å². The number of aromatic nitrogens is 1. The van der Waals surface area contributed by atoms with E-state index < -0.39 is 0 Å². The standard InChI is InChI=1S/C14H15N3O2S.2ClH/c15-11-4-2-1-3-10(11)14(18)17-6-7-19-12(9-17)13-16-5-8-20-13;;/h1-5,8,12H,6-7,9,15H2;2*1H. The van der Waals surface area contributed by atoms with Gasteiger partial charge in [0.1, 0.15) is 11.1 Å².